The minimum Gasteiger partial charge on any atom is -0.497 e. The fraction of sp³-hybridized carbons (Fsp3) is 0.143. The average Bonchev–Trinajstić information content (AvgIpc) is 2.73. The van der Waals surface area contributed by atoms with E-state index in [4.69, 9.17) is 26.4 Å². The Balaban J connectivity index is 1.92. The number of hydrogen-bond donors (Lipinski definition) is 2. The summed E-state index contributed by atoms with van der Waals surface area (Å²) in [7, 11) is 1.54. The van der Waals surface area contributed by atoms with Gasteiger partial charge in [0.15, 0.2) is 16.6 Å². The average molecular weight is 552 g/mol. The van der Waals surface area contributed by atoms with E-state index in [9.17, 15) is 14.4 Å². The van der Waals surface area contributed by atoms with Crippen LogP contribution in [0.2, 0.25) is 0 Å². The molecule has 0 unspecified atom stereocenters. The smallest absolute Gasteiger partial charge is 0.343 e. The Hall–Kier alpha value is -2.99. The van der Waals surface area contributed by atoms with Gasteiger partial charge in [0.05, 0.1) is 22.9 Å². The van der Waals surface area contributed by atoms with Gasteiger partial charge in [-0.1, -0.05) is 0 Å². The Morgan fingerprint density at radius 3 is 2.35 bits per heavy atom. The molecule has 1 heterocycles. The summed E-state index contributed by atoms with van der Waals surface area (Å²) in [5.41, 5.74) is 0.761. The molecule has 2 aromatic rings. The molecule has 0 aliphatic carbocycles. The Labute approximate surface area is 197 Å². The SMILES string of the molecule is CCOc1cc(C=C2C(=O)NC(=S)NC2=O)cc(I)c1OC(=O)c1ccc(OC)cc1. The van der Waals surface area contributed by atoms with E-state index in [1.165, 1.54) is 13.2 Å². The third-order valence-corrected chi connectivity index (χ3v) is 5.11. The van der Waals surface area contributed by atoms with Crippen molar-refractivity contribution in [2.24, 2.45) is 0 Å². The molecule has 0 aromatic heterocycles. The minimum atomic E-state index is -0.600. The molecular weight excluding hydrogens is 535 g/mol. The number of rotatable bonds is 6. The summed E-state index contributed by atoms with van der Waals surface area (Å²) in [6.07, 6.45) is 1.41. The lowest BCUT2D eigenvalue weighted by atomic mass is 10.1. The van der Waals surface area contributed by atoms with Crippen LogP contribution in [-0.2, 0) is 9.59 Å². The quantitative estimate of drug-likeness (QED) is 0.142. The van der Waals surface area contributed by atoms with E-state index >= 15 is 0 Å². The standard InChI is InChI=1S/C21H17IN2O6S/c1-3-29-16-10-11(8-14-18(25)23-21(31)24-19(14)26)9-15(22)17(16)30-20(27)12-4-6-13(28-2)7-5-12/h4-10H,3H2,1-2H3,(H2,23,24,25,26,31). The number of hydrogen-bond acceptors (Lipinski definition) is 7. The van der Waals surface area contributed by atoms with E-state index in [-0.39, 0.29) is 16.4 Å². The number of benzene rings is 2. The highest BCUT2D eigenvalue weighted by Gasteiger charge is 2.26. The van der Waals surface area contributed by atoms with E-state index in [0.29, 0.717) is 32.8 Å². The van der Waals surface area contributed by atoms with E-state index in [2.05, 4.69) is 10.6 Å². The molecule has 31 heavy (non-hydrogen) atoms. The highest BCUT2D eigenvalue weighted by Crippen LogP contribution is 2.35. The van der Waals surface area contributed by atoms with Gasteiger partial charge in [-0.2, -0.15) is 0 Å². The van der Waals surface area contributed by atoms with Gasteiger partial charge in [0.25, 0.3) is 11.8 Å². The molecule has 2 N–H and O–H groups in total. The highest BCUT2D eigenvalue weighted by atomic mass is 127. The second-order valence-electron chi connectivity index (χ2n) is 6.18. The zero-order valence-corrected chi connectivity index (χ0v) is 19.5. The van der Waals surface area contributed by atoms with Crippen LogP contribution in [0.5, 0.6) is 17.2 Å². The van der Waals surface area contributed by atoms with Gasteiger partial charge in [0, 0.05) is 0 Å². The molecule has 0 radical (unpaired) electrons. The lowest BCUT2D eigenvalue weighted by Crippen LogP contribution is -2.51. The van der Waals surface area contributed by atoms with Gasteiger partial charge < -0.3 is 14.2 Å². The molecule has 0 spiro atoms. The van der Waals surface area contributed by atoms with Crippen molar-refractivity contribution >= 4 is 63.8 Å². The molecule has 1 saturated heterocycles. The first-order valence-electron chi connectivity index (χ1n) is 9.03. The van der Waals surface area contributed by atoms with E-state index < -0.39 is 17.8 Å². The molecular formula is C21H17IN2O6S. The van der Waals surface area contributed by atoms with Crippen LogP contribution in [0.4, 0.5) is 0 Å². The van der Waals surface area contributed by atoms with Crippen molar-refractivity contribution < 1.29 is 28.6 Å². The number of carbonyl (C=O) groups is 3. The van der Waals surface area contributed by atoms with Gasteiger partial charge in [0.2, 0.25) is 0 Å². The minimum absolute atomic E-state index is 0.0440. The van der Waals surface area contributed by atoms with Crippen LogP contribution in [0, 0.1) is 3.57 Å². The predicted octanol–water partition coefficient (Wildman–Crippen LogP) is 2.83. The van der Waals surface area contributed by atoms with Crippen LogP contribution in [0.25, 0.3) is 6.08 Å². The van der Waals surface area contributed by atoms with Crippen LogP contribution in [-0.4, -0.2) is 36.6 Å². The summed E-state index contributed by atoms with van der Waals surface area (Å²) in [5.74, 6) is -0.602. The lowest BCUT2D eigenvalue weighted by molar-refractivity contribution is -0.123. The zero-order chi connectivity index (χ0) is 22.5. The van der Waals surface area contributed by atoms with Crippen molar-refractivity contribution in [1.29, 1.82) is 0 Å². The van der Waals surface area contributed by atoms with Crippen molar-refractivity contribution in [2.75, 3.05) is 13.7 Å². The van der Waals surface area contributed by atoms with Crippen LogP contribution in [0.1, 0.15) is 22.8 Å². The molecule has 1 fully saturated rings. The summed E-state index contributed by atoms with van der Waals surface area (Å²) in [5, 5.41) is 4.71. The molecule has 1 aliphatic rings. The third kappa shape index (κ3) is 5.39. The highest BCUT2D eigenvalue weighted by molar-refractivity contribution is 14.1. The number of esters is 1. The molecule has 0 atom stereocenters. The Morgan fingerprint density at radius 1 is 1.13 bits per heavy atom. The number of thiocarbonyl (C=S) groups is 1. The molecule has 2 amide bonds. The van der Waals surface area contributed by atoms with E-state index in [1.807, 2.05) is 22.6 Å². The largest absolute Gasteiger partial charge is 0.497 e. The maximum Gasteiger partial charge on any atom is 0.343 e. The van der Waals surface area contributed by atoms with Gasteiger partial charge >= 0.3 is 5.97 Å². The van der Waals surface area contributed by atoms with E-state index in [0.717, 1.165) is 0 Å². The molecule has 0 saturated carbocycles. The number of nitrogens with one attached hydrogen (secondary N) is 2. The van der Waals surface area contributed by atoms with E-state index in [1.54, 1.807) is 43.3 Å². The van der Waals surface area contributed by atoms with Gasteiger partial charge in [-0.3, -0.25) is 20.2 Å². The second kappa shape index (κ2) is 9.88. The first-order chi connectivity index (χ1) is 14.8. The lowest BCUT2D eigenvalue weighted by Gasteiger charge is -2.17. The van der Waals surface area contributed by atoms with Gasteiger partial charge in [-0.05, 0) is 89.8 Å². The topological polar surface area (TPSA) is 103 Å². The third-order valence-electron chi connectivity index (χ3n) is 4.11. The van der Waals surface area contributed by atoms with Crippen LogP contribution in [0.3, 0.4) is 0 Å². The fourth-order valence-electron chi connectivity index (χ4n) is 2.69. The van der Waals surface area contributed by atoms with Crippen LogP contribution < -0.4 is 24.8 Å². The number of methoxy groups -OCH3 is 1. The Kier molecular flexibility index (Phi) is 7.23. The van der Waals surface area contributed by atoms with Crippen LogP contribution in [0.15, 0.2) is 42.0 Å². The first kappa shape index (κ1) is 22.7. The summed E-state index contributed by atoms with van der Waals surface area (Å²) in [6, 6.07) is 9.76. The maximum atomic E-state index is 12.6. The summed E-state index contributed by atoms with van der Waals surface area (Å²) < 4.78 is 16.9. The molecule has 10 heteroatoms. The van der Waals surface area contributed by atoms with Crippen molar-refractivity contribution in [3.63, 3.8) is 0 Å². The monoisotopic (exact) mass is 552 g/mol. The molecule has 1 aliphatic heterocycles. The molecule has 3 rings (SSSR count). The van der Waals surface area contributed by atoms with Gasteiger partial charge in [-0.25, -0.2) is 4.79 Å². The number of carbonyl (C=O) groups excluding carboxylic acids is 3. The first-order valence-corrected chi connectivity index (χ1v) is 10.5. The van der Waals surface area contributed by atoms with Crippen molar-refractivity contribution in [3.8, 4) is 17.2 Å². The Morgan fingerprint density at radius 2 is 1.77 bits per heavy atom. The van der Waals surface area contributed by atoms with Crippen LogP contribution >= 0.6 is 34.8 Å². The number of ether oxygens (including phenoxy) is 3. The fourth-order valence-corrected chi connectivity index (χ4v) is 3.61. The summed E-state index contributed by atoms with van der Waals surface area (Å²) >= 11 is 6.79. The molecule has 8 nitrogen and oxygen atoms in total. The van der Waals surface area contributed by atoms with Gasteiger partial charge in [0.1, 0.15) is 11.3 Å². The normalized spacial score (nSPS) is 13.3. The summed E-state index contributed by atoms with van der Waals surface area (Å²) in [4.78, 5) is 36.8. The zero-order valence-electron chi connectivity index (χ0n) is 16.5. The predicted molar refractivity (Wildman–Crippen MR) is 125 cm³/mol. The molecule has 160 valence electrons. The summed E-state index contributed by atoms with van der Waals surface area (Å²) in [6.45, 7) is 2.11. The van der Waals surface area contributed by atoms with Crippen molar-refractivity contribution in [3.05, 3.63) is 56.7 Å². The number of halogens is 1. The Bertz CT molecular complexity index is 1080. The number of amides is 2. The molecule has 0 bridgehead atoms. The molecule has 2 aromatic carbocycles. The van der Waals surface area contributed by atoms with Crippen molar-refractivity contribution in [2.45, 2.75) is 6.92 Å². The second-order valence-corrected chi connectivity index (χ2v) is 7.75. The maximum absolute atomic E-state index is 12.6. The van der Waals surface area contributed by atoms with Gasteiger partial charge in [-0.15, -0.1) is 0 Å². The van der Waals surface area contributed by atoms with Crippen molar-refractivity contribution in [1.82, 2.24) is 10.6 Å².